The van der Waals surface area contributed by atoms with Crippen molar-refractivity contribution in [3.63, 3.8) is 0 Å². The third kappa shape index (κ3) is 3.41. The summed E-state index contributed by atoms with van der Waals surface area (Å²) < 4.78 is 28.8. The zero-order valence-corrected chi connectivity index (χ0v) is 14.6. The number of aryl methyl sites for hydroxylation is 2. The van der Waals surface area contributed by atoms with E-state index in [-0.39, 0.29) is 10.8 Å². The molecule has 2 N–H and O–H groups in total. The van der Waals surface area contributed by atoms with Gasteiger partial charge in [0.15, 0.2) is 0 Å². The fraction of sp³-hybridized carbons (Fsp3) is 0.214. The summed E-state index contributed by atoms with van der Waals surface area (Å²) >= 11 is 5.85. The first-order valence-corrected chi connectivity index (χ1v) is 8.89. The number of hydrogen-bond donors (Lipinski definition) is 2. The van der Waals surface area contributed by atoms with Gasteiger partial charge in [0.2, 0.25) is 0 Å². The van der Waals surface area contributed by atoms with E-state index in [1.807, 2.05) is 12.1 Å². The first kappa shape index (κ1) is 16.5. The Morgan fingerprint density at radius 3 is 2.58 bits per heavy atom. The van der Waals surface area contributed by atoms with Crippen LogP contribution in [0.1, 0.15) is 17.0 Å². The van der Waals surface area contributed by atoms with Crippen molar-refractivity contribution in [3.05, 3.63) is 52.6 Å². The smallest absolute Gasteiger partial charge is 0.267 e. The Bertz CT molecular complexity index is 942. The molecule has 0 spiro atoms. The Balaban J connectivity index is 1.77. The van der Waals surface area contributed by atoms with Gasteiger partial charge >= 0.3 is 0 Å². The average molecular weight is 367 g/mol. The zero-order chi connectivity index (χ0) is 17.3. The molecule has 0 amide bonds. The van der Waals surface area contributed by atoms with Gasteiger partial charge in [0.05, 0.1) is 17.9 Å². The van der Waals surface area contributed by atoms with Crippen LogP contribution in [-0.4, -0.2) is 33.4 Å². The average Bonchev–Trinajstić information content (AvgIpc) is 3.08. The highest BCUT2D eigenvalue weighted by Gasteiger charge is 2.23. The molecule has 1 aromatic carbocycles. The molecule has 0 unspecified atom stereocenters. The Labute approximate surface area is 143 Å². The van der Waals surface area contributed by atoms with Crippen molar-refractivity contribution < 1.29 is 8.42 Å². The number of nitrogens with one attached hydrogen (secondary N) is 2. The van der Waals surface area contributed by atoms with Crippen LogP contribution in [-0.2, 0) is 16.6 Å². The predicted molar refractivity (Wildman–Crippen MR) is 89.4 cm³/mol. The Morgan fingerprint density at radius 2 is 1.96 bits per heavy atom. The van der Waals surface area contributed by atoms with Crippen LogP contribution in [0.4, 0.5) is 5.95 Å². The highest BCUT2D eigenvalue weighted by molar-refractivity contribution is 7.92. The molecular formula is C14H15ClN6O2S. The van der Waals surface area contributed by atoms with Gasteiger partial charge in [0, 0.05) is 5.02 Å². The van der Waals surface area contributed by atoms with Gasteiger partial charge in [-0.3, -0.25) is 5.10 Å². The van der Waals surface area contributed by atoms with Gasteiger partial charge in [0.25, 0.3) is 16.0 Å². The third-order valence-corrected chi connectivity index (χ3v) is 5.19. The van der Waals surface area contributed by atoms with E-state index in [1.165, 1.54) is 11.0 Å². The summed E-state index contributed by atoms with van der Waals surface area (Å²) in [5.74, 6) is 0.00367. The van der Waals surface area contributed by atoms with E-state index in [4.69, 9.17) is 11.6 Å². The summed E-state index contributed by atoms with van der Waals surface area (Å²) in [5.41, 5.74) is 1.82. The van der Waals surface area contributed by atoms with Crippen molar-refractivity contribution in [1.82, 2.24) is 25.0 Å². The summed E-state index contributed by atoms with van der Waals surface area (Å²) in [5, 5.41) is 11.3. The lowest BCUT2D eigenvalue weighted by Crippen LogP contribution is -2.16. The van der Waals surface area contributed by atoms with Crippen LogP contribution in [0.25, 0.3) is 0 Å². The Hall–Kier alpha value is -2.39. The second-order valence-corrected chi connectivity index (χ2v) is 7.32. The van der Waals surface area contributed by atoms with Gasteiger partial charge in [-0.05, 0) is 31.5 Å². The fourth-order valence-corrected chi connectivity index (χ4v) is 3.75. The topological polar surface area (TPSA) is 106 Å². The van der Waals surface area contributed by atoms with Crippen molar-refractivity contribution in [1.29, 1.82) is 0 Å². The molecule has 0 radical (unpaired) electrons. The molecule has 0 aliphatic heterocycles. The molecule has 0 bridgehead atoms. The maximum absolute atomic E-state index is 12.4. The van der Waals surface area contributed by atoms with Crippen molar-refractivity contribution in [2.75, 3.05) is 4.72 Å². The zero-order valence-electron chi connectivity index (χ0n) is 13.0. The molecule has 0 fully saturated rings. The quantitative estimate of drug-likeness (QED) is 0.719. The van der Waals surface area contributed by atoms with Crippen LogP contribution in [0.15, 0.2) is 35.5 Å². The maximum Gasteiger partial charge on any atom is 0.267 e. The van der Waals surface area contributed by atoms with Crippen LogP contribution < -0.4 is 4.72 Å². The lowest BCUT2D eigenvalue weighted by atomic mass is 10.2. The van der Waals surface area contributed by atoms with E-state index in [2.05, 4.69) is 25.0 Å². The molecule has 3 rings (SSSR count). The van der Waals surface area contributed by atoms with Gasteiger partial charge in [0.1, 0.15) is 11.2 Å². The Kier molecular flexibility index (Phi) is 4.29. The molecule has 3 aromatic rings. The van der Waals surface area contributed by atoms with Crippen molar-refractivity contribution in [2.24, 2.45) is 0 Å². The predicted octanol–water partition coefficient (Wildman–Crippen LogP) is 2.12. The molecule has 2 aromatic heterocycles. The van der Waals surface area contributed by atoms with Crippen molar-refractivity contribution >= 4 is 27.6 Å². The number of anilines is 1. The summed E-state index contributed by atoms with van der Waals surface area (Å²) in [4.78, 5) is 4.10. The van der Waals surface area contributed by atoms with Gasteiger partial charge in [-0.25, -0.2) is 17.8 Å². The summed E-state index contributed by atoms with van der Waals surface area (Å²) in [7, 11) is -3.80. The van der Waals surface area contributed by atoms with E-state index in [9.17, 15) is 8.42 Å². The number of aromatic amines is 1. The number of benzene rings is 1. The lowest BCUT2D eigenvalue weighted by molar-refractivity contribution is 0.599. The first-order valence-electron chi connectivity index (χ1n) is 7.03. The van der Waals surface area contributed by atoms with E-state index in [1.54, 1.807) is 26.0 Å². The number of nitrogens with zero attached hydrogens (tertiary/aromatic N) is 4. The summed E-state index contributed by atoms with van der Waals surface area (Å²) in [6, 6.07) is 7.29. The highest BCUT2D eigenvalue weighted by atomic mass is 35.5. The minimum Gasteiger partial charge on any atom is -0.281 e. The highest BCUT2D eigenvalue weighted by Crippen LogP contribution is 2.19. The van der Waals surface area contributed by atoms with Gasteiger partial charge in [-0.15, -0.1) is 5.10 Å². The van der Waals surface area contributed by atoms with Crippen LogP contribution in [0.3, 0.4) is 0 Å². The molecule has 8 nitrogen and oxygen atoms in total. The van der Waals surface area contributed by atoms with Gasteiger partial charge in [-0.2, -0.15) is 10.1 Å². The normalized spacial score (nSPS) is 11.6. The molecular weight excluding hydrogens is 352 g/mol. The SMILES string of the molecule is Cc1n[nH]c(C)c1S(=O)(=O)Nc1ncn(Cc2ccc(Cl)cc2)n1. The van der Waals surface area contributed by atoms with Crippen LogP contribution in [0.2, 0.25) is 5.02 Å². The molecule has 0 saturated heterocycles. The monoisotopic (exact) mass is 366 g/mol. The lowest BCUT2D eigenvalue weighted by Gasteiger charge is -2.04. The van der Waals surface area contributed by atoms with Gasteiger partial charge < -0.3 is 0 Å². The number of hydrogen-bond acceptors (Lipinski definition) is 5. The van der Waals surface area contributed by atoms with E-state index < -0.39 is 10.0 Å². The molecule has 0 aliphatic rings. The minimum absolute atomic E-state index is 0.00367. The van der Waals surface area contributed by atoms with Crippen molar-refractivity contribution in [2.45, 2.75) is 25.3 Å². The van der Waals surface area contributed by atoms with E-state index in [0.29, 0.717) is 23.0 Å². The van der Waals surface area contributed by atoms with Crippen LogP contribution in [0.5, 0.6) is 0 Å². The number of H-pyrrole nitrogens is 1. The largest absolute Gasteiger partial charge is 0.281 e. The van der Waals surface area contributed by atoms with E-state index >= 15 is 0 Å². The molecule has 0 aliphatic carbocycles. The maximum atomic E-state index is 12.4. The number of rotatable bonds is 5. The van der Waals surface area contributed by atoms with Crippen LogP contribution >= 0.6 is 11.6 Å². The molecule has 24 heavy (non-hydrogen) atoms. The molecule has 2 heterocycles. The standard InChI is InChI=1S/C14H15ClN6O2S/c1-9-13(10(2)18-17-9)24(22,23)20-14-16-8-21(19-14)7-11-3-5-12(15)6-4-11/h3-6,8H,7H2,1-2H3,(H,17,18)(H,19,20). The van der Waals surface area contributed by atoms with Crippen molar-refractivity contribution in [3.8, 4) is 0 Å². The van der Waals surface area contributed by atoms with Gasteiger partial charge in [-0.1, -0.05) is 23.7 Å². The summed E-state index contributed by atoms with van der Waals surface area (Å²) in [6.07, 6.45) is 1.46. The third-order valence-electron chi connectivity index (χ3n) is 3.35. The molecule has 0 saturated carbocycles. The Morgan fingerprint density at radius 1 is 1.25 bits per heavy atom. The molecule has 0 atom stereocenters. The second kappa shape index (κ2) is 6.25. The first-order chi connectivity index (χ1) is 11.3. The minimum atomic E-state index is -3.80. The number of sulfonamides is 1. The number of aromatic nitrogens is 5. The second-order valence-electron chi connectivity index (χ2n) is 5.26. The summed E-state index contributed by atoms with van der Waals surface area (Å²) in [6.45, 7) is 3.71. The number of halogens is 1. The molecule has 126 valence electrons. The van der Waals surface area contributed by atoms with Crippen LogP contribution in [0, 0.1) is 13.8 Å². The fourth-order valence-electron chi connectivity index (χ4n) is 2.30. The molecule has 10 heteroatoms. The van der Waals surface area contributed by atoms with E-state index in [0.717, 1.165) is 5.56 Å².